The SMILES string of the molecule is COC(=O)c1c(C)cccc1COc1cccc(C=Cc2ccc3ccccc3n2)c1. The highest BCUT2D eigenvalue weighted by molar-refractivity contribution is 5.92. The van der Waals surface area contributed by atoms with E-state index in [4.69, 9.17) is 9.47 Å². The number of benzene rings is 3. The molecule has 0 saturated carbocycles. The zero-order valence-corrected chi connectivity index (χ0v) is 17.5. The third-order valence-electron chi connectivity index (χ3n) is 5.07. The van der Waals surface area contributed by atoms with Gasteiger partial charge in [-0.3, -0.25) is 0 Å². The van der Waals surface area contributed by atoms with Gasteiger partial charge in [0.05, 0.1) is 23.9 Å². The van der Waals surface area contributed by atoms with Crippen LogP contribution in [0.2, 0.25) is 0 Å². The number of esters is 1. The number of ether oxygens (including phenoxy) is 2. The summed E-state index contributed by atoms with van der Waals surface area (Å²) >= 11 is 0. The van der Waals surface area contributed by atoms with Crippen LogP contribution in [0.1, 0.15) is 32.7 Å². The van der Waals surface area contributed by atoms with Crippen LogP contribution in [0, 0.1) is 6.92 Å². The molecule has 4 nitrogen and oxygen atoms in total. The Kier molecular flexibility index (Phi) is 6.08. The van der Waals surface area contributed by atoms with E-state index in [0.717, 1.165) is 39.0 Å². The smallest absolute Gasteiger partial charge is 0.338 e. The summed E-state index contributed by atoms with van der Waals surface area (Å²) in [5.41, 5.74) is 5.10. The van der Waals surface area contributed by atoms with Crippen molar-refractivity contribution in [2.45, 2.75) is 13.5 Å². The fourth-order valence-electron chi connectivity index (χ4n) is 3.47. The van der Waals surface area contributed by atoms with E-state index in [0.29, 0.717) is 5.56 Å². The van der Waals surface area contributed by atoms with Crippen LogP contribution in [0.25, 0.3) is 23.1 Å². The predicted molar refractivity (Wildman–Crippen MR) is 124 cm³/mol. The fraction of sp³-hybridized carbons (Fsp3) is 0.111. The molecule has 0 N–H and O–H groups in total. The second-order valence-electron chi connectivity index (χ2n) is 7.22. The molecular weight excluding hydrogens is 386 g/mol. The fourth-order valence-corrected chi connectivity index (χ4v) is 3.47. The number of carbonyl (C=O) groups excluding carboxylic acids is 1. The lowest BCUT2D eigenvalue weighted by molar-refractivity contribution is 0.0597. The molecule has 0 saturated heterocycles. The number of aryl methyl sites for hydroxylation is 1. The molecule has 0 radical (unpaired) electrons. The number of aromatic nitrogens is 1. The highest BCUT2D eigenvalue weighted by Crippen LogP contribution is 2.21. The van der Waals surface area contributed by atoms with Gasteiger partial charge in [-0.2, -0.15) is 0 Å². The first-order valence-corrected chi connectivity index (χ1v) is 10.1. The highest BCUT2D eigenvalue weighted by atomic mass is 16.5. The largest absolute Gasteiger partial charge is 0.489 e. The van der Waals surface area contributed by atoms with Crippen LogP contribution in [0.3, 0.4) is 0 Å². The molecule has 4 heteroatoms. The van der Waals surface area contributed by atoms with Crippen LogP contribution in [-0.2, 0) is 11.3 Å². The number of para-hydroxylation sites is 1. The van der Waals surface area contributed by atoms with Crippen molar-refractivity contribution in [1.29, 1.82) is 0 Å². The maximum atomic E-state index is 12.1. The molecule has 4 rings (SSSR count). The van der Waals surface area contributed by atoms with Crippen molar-refractivity contribution in [2.75, 3.05) is 7.11 Å². The molecule has 0 bridgehead atoms. The molecule has 3 aromatic carbocycles. The van der Waals surface area contributed by atoms with Crippen molar-refractivity contribution >= 4 is 29.0 Å². The quantitative estimate of drug-likeness (QED) is 0.362. The lowest BCUT2D eigenvalue weighted by Crippen LogP contribution is -2.10. The molecule has 0 unspecified atom stereocenters. The standard InChI is InChI=1S/C27H23NO3/c1-19-7-5-10-22(26(19)27(29)30-2)18-31-24-11-6-8-20(17-24)13-15-23-16-14-21-9-3-4-12-25(21)28-23/h3-17H,18H2,1-2H3. The van der Waals surface area contributed by atoms with Gasteiger partial charge in [-0.25, -0.2) is 9.78 Å². The number of nitrogens with zero attached hydrogens (tertiary/aromatic N) is 1. The number of methoxy groups -OCH3 is 1. The van der Waals surface area contributed by atoms with Gasteiger partial charge in [-0.05, 0) is 48.4 Å². The first-order valence-electron chi connectivity index (χ1n) is 10.1. The molecule has 0 amide bonds. The minimum atomic E-state index is -0.351. The van der Waals surface area contributed by atoms with Gasteiger partial charge in [0.15, 0.2) is 0 Å². The Labute approximate surface area is 181 Å². The number of fused-ring (bicyclic) bond motifs is 1. The molecular formula is C27H23NO3. The molecule has 0 spiro atoms. The topological polar surface area (TPSA) is 48.4 Å². The predicted octanol–water partition coefficient (Wildman–Crippen LogP) is 6.08. The third kappa shape index (κ3) is 4.81. The van der Waals surface area contributed by atoms with Crippen molar-refractivity contribution in [2.24, 2.45) is 0 Å². The summed E-state index contributed by atoms with van der Waals surface area (Å²) in [4.78, 5) is 16.8. The van der Waals surface area contributed by atoms with E-state index in [2.05, 4.69) is 17.1 Å². The Morgan fingerprint density at radius 3 is 2.65 bits per heavy atom. The van der Waals surface area contributed by atoms with Gasteiger partial charge in [-0.1, -0.05) is 60.7 Å². The molecule has 0 aliphatic heterocycles. The summed E-state index contributed by atoms with van der Waals surface area (Å²) in [6.07, 6.45) is 4.00. The Bertz CT molecular complexity index is 1260. The van der Waals surface area contributed by atoms with E-state index in [1.165, 1.54) is 7.11 Å². The van der Waals surface area contributed by atoms with Gasteiger partial charge >= 0.3 is 5.97 Å². The normalized spacial score (nSPS) is 11.0. The Morgan fingerprint density at radius 1 is 0.935 bits per heavy atom. The zero-order chi connectivity index (χ0) is 21.6. The highest BCUT2D eigenvalue weighted by Gasteiger charge is 2.15. The minimum absolute atomic E-state index is 0.283. The monoisotopic (exact) mass is 409 g/mol. The van der Waals surface area contributed by atoms with Crippen molar-refractivity contribution in [1.82, 2.24) is 4.98 Å². The third-order valence-corrected chi connectivity index (χ3v) is 5.07. The van der Waals surface area contributed by atoms with Crippen LogP contribution >= 0.6 is 0 Å². The average Bonchev–Trinajstić information content (AvgIpc) is 2.81. The second-order valence-corrected chi connectivity index (χ2v) is 7.22. The molecule has 0 aliphatic carbocycles. The Balaban J connectivity index is 1.49. The molecule has 4 aromatic rings. The second kappa shape index (κ2) is 9.26. The van der Waals surface area contributed by atoms with Gasteiger partial charge in [0.25, 0.3) is 0 Å². The average molecular weight is 409 g/mol. The first kappa shape index (κ1) is 20.4. The molecule has 1 aromatic heterocycles. The zero-order valence-electron chi connectivity index (χ0n) is 17.5. The summed E-state index contributed by atoms with van der Waals surface area (Å²) in [5, 5.41) is 1.12. The molecule has 154 valence electrons. The number of pyridine rings is 1. The maximum absolute atomic E-state index is 12.1. The van der Waals surface area contributed by atoms with E-state index >= 15 is 0 Å². The van der Waals surface area contributed by atoms with Gasteiger partial charge in [-0.15, -0.1) is 0 Å². The van der Waals surface area contributed by atoms with Gasteiger partial charge < -0.3 is 9.47 Å². The van der Waals surface area contributed by atoms with Gasteiger partial charge in [0.2, 0.25) is 0 Å². The minimum Gasteiger partial charge on any atom is -0.489 e. The molecule has 0 aliphatic rings. The van der Waals surface area contributed by atoms with Crippen LogP contribution < -0.4 is 4.74 Å². The summed E-state index contributed by atoms with van der Waals surface area (Å²) < 4.78 is 10.9. The lowest BCUT2D eigenvalue weighted by atomic mass is 10.0. The molecule has 31 heavy (non-hydrogen) atoms. The maximum Gasteiger partial charge on any atom is 0.338 e. The van der Waals surface area contributed by atoms with E-state index in [9.17, 15) is 4.79 Å². The summed E-state index contributed by atoms with van der Waals surface area (Å²) in [5.74, 6) is 0.377. The number of rotatable bonds is 6. The van der Waals surface area contributed by atoms with Gasteiger partial charge in [0, 0.05) is 10.9 Å². The van der Waals surface area contributed by atoms with Crippen LogP contribution in [0.4, 0.5) is 0 Å². The van der Waals surface area contributed by atoms with E-state index in [1.54, 1.807) is 0 Å². The Morgan fingerprint density at radius 2 is 1.77 bits per heavy atom. The van der Waals surface area contributed by atoms with Crippen molar-refractivity contribution in [3.05, 3.63) is 107 Å². The van der Waals surface area contributed by atoms with E-state index in [-0.39, 0.29) is 12.6 Å². The van der Waals surface area contributed by atoms with E-state index in [1.807, 2.05) is 85.8 Å². The number of carbonyl (C=O) groups is 1. The van der Waals surface area contributed by atoms with Crippen molar-refractivity contribution in [3.63, 3.8) is 0 Å². The molecule has 1 heterocycles. The van der Waals surface area contributed by atoms with Crippen LogP contribution in [0.15, 0.2) is 78.9 Å². The van der Waals surface area contributed by atoms with Crippen molar-refractivity contribution < 1.29 is 14.3 Å². The summed E-state index contributed by atoms with van der Waals surface area (Å²) in [6.45, 7) is 2.17. The number of hydrogen-bond donors (Lipinski definition) is 0. The summed E-state index contributed by atoms with van der Waals surface area (Å²) in [7, 11) is 1.39. The van der Waals surface area contributed by atoms with Crippen molar-refractivity contribution in [3.8, 4) is 5.75 Å². The first-order chi connectivity index (χ1) is 15.1. The molecule has 0 fully saturated rings. The number of hydrogen-bond acceptors (Lipinski definition) is 4. The van der Waals surface area contributed by atoms with E-state index < -0.39 is 0 Å². The van der Waals surface area contributed by atoms with Gasteiger partial charge in [0.1, 0.15) is 12.4 Å². The Hall–Kier alpha value is -3.92. The van der Waals surface area contributed by atoms with Crippen LogP contribution in [-0.4, -0.2) is 18.1 Å². The summed E-state index contributed by atoms with van der Waals surface area (Å²) in [6, 6.07) is 25.6. The lowest BCUT2D eigenvalue weighted by Gasteiger charge is -2.12. The molecule has 0 atom stereocenters. The van der Waals surface area contributed by atoms with Crippen LogP contribution in [0.5, 0.6) is 5.75 Å².